The highest BCUT2D eigenvalue weighted by molar-refractivity contribution is 5.66. The molecule has 0 bridgehead atoms. The molecule has 0 aliphatic carbocycles. The summed E-state index contributed by atoms with van der Waals surface area (Å²) in [6.45, 7) is 1.62. The normalized spacial score (nSPS) is 13.6. The minimum Gasteiger partial charge on any atom is -0.496 e. The minimum atomic E-state index is -0.927. The van der Waals surface area contributed by atoms with Crippen LogP contribution in [0.4, 0.5) is 4.79 Å². The second-order valence-electron chi connectivity index (χ2n) is 3.55. The number of carbonyl (C=O) groups is 1. The van der Waals surface area contributed by atoms with E-state index in [1.54, 1.807) is 31.2 Å². The molecule has 0 heterocycles. The number of benzene rings is 1. The Kier molecular flexibility index (Phi) is 4.78. The summed E-state index contributed by atoms with van der Waals surface area (Å²) >= 11 is 0. The van der Waals surface area contributed by atoms with Crippen LogP contribution in [0.15, 0.2) is 24.3 Å². The second kappa shape index (κ2) is 6.10. The van der Waals surface area contributed by atoms with Gasteiger partial charge in [-0.15, -0.1) is 0 Å². The van der Waals surface area contributed by atoms with Crippen LogP contribution in [0.5, 0.6) is 5.75 Å². The van der Waals surface area contributed by atoms with Crippen LogP contribution in [0.2, 0.25) is 0 Å². The van der Waals surface area contributed by atoms with Gasteiger partial charge in [-0.05, 0) is 13.0 Å². The van der Waals surface area contributed by atoms with Crippen LogP contribution in [0, 0.1) is 0 Å². The molecule has 2 atom stereocenters. The van der Waals surface area contributed by atoms with Crippen molar-refractivity contribution in [3.05, 3.63) is 29.8 Å². The lowest BCUT2D eigenvalue weighted by molar-refractivity contribution is 0.0115. The molecule has 0 aromatic heterocycles. The third kappa shape index (κ3) is 3.35. The molecule has 1 aromatic rings. The van der Waals surface area contributed by atoms with E-state index in [2.05, 4.69) is 5.32 Å². The van der Waals surface area contributed by atoms with Gasteiger partial charge in [-0.1, -0.05) is 18.2 Å². The van der Waals surface area contributed by atoms with Crippen molar-refractivity contribution < 1.29 is 19.4 Å². The molecule has 1 amide bonds. The van der Waals surface area contributed by atoms with E-state index in [0.717, 1.165) is 0 Å². The second-order valence-corrected chi connectivity index (χ2v) is 3.55. The van der Waals surface area contributed by atoms with Crippen LogP contribution >= 0.6 is 0 Å². The highest BCUT2D eigenvalue weighted by atomic mass is 16.6. The van der Waals surface area contributed by atoms with Crippen molar-refractivity contribution in [2.24, 2.45) is 0 Å². The smallest absolute Gasteiger partial charge is 0.407 e. The minimum absolute atomic E-state index is 0.562. The highest BCUT2D eigenvalue weighted by Gasteiger charge is 2.22. The third-order valence-electron chi connectivity index (χ3n) is 2.40. The van der Waals surface area contributed by atoms with Gasteiger partial charge >= 0.3 is 6.09 Å². The van der Waals surface area contributed by atoms with E-state index in [1.807, 2.05) is 0 Å². The third-order valence-corrected chi connectivity index (χ3v) is 2.40. The van der Waals surface area contributed by atoms with E-state index in [4.69, 9.17) is 9.47 Å². The fourth-order valence-corrected chi connectivity index (χ4v) is 1.46. The summed E-state index contributed by atoms with van der Waals surface area (Å²) in [5.74, 6) is 0.562. The van der Waals surface area contributed by atoms with Crippen molar-refractivity contribution in [2.75, 3.05) is 14.2 Å². The number of aliphatic hydroxyl groups excluding tert-OH is 1. The Bertz CT molecular complexity index is 381. The summed E-state index contributed by atoms with van der Waals surface area (Å²) in [6.07, 6.45) is -2.17. The SMILES string of the molecule is CNC(=O)OC(C)C(O)c1ccccc1OC. The zero-order valence-corrected chi connectivity index (χ0v) is 10.1. The number of hydrogen-bond acceptors (Lipinski definition) is 4. The first kappa shape index (κ1) is 13.3. The van der Waals surface area contributed by atoms with Gasteiger partial charge in [0.05, 0.1) is 7.11 Å². The van der Waals surface area contributed by atoms with Crippen molar-refractivity contribution >= 4 is 6.09 Å². The number of hydrogen-bond donors (Lipinski definition) is 2. The Labute approximate surface area is 100 Å². The molecular formula is C12H17NO4. The highest BCUT2D eigenvalue weighted by Crippen LogP contribution is 2.27. The number of ether oxygens (including phenoxy) is 2. The van der Waals surface area contributed by atoms with Gasteiger partial charge in [0, 0.05) is 12.6 Å². The van der Waals surface area contributed by atoms with Crippen molar-refractivity contribution in [3.63, 3.8) is 0 Å². The Hall–Kier alpha value is -1.75. The summed E-state index contributed by atoms with van der Waals surface area (Å²) in [7, 11) is 2.99. The summed E-state index contributed by atoms with van der Waals surface area (Å²) in [4.78, 5) is 11.0. The largest absolute Gasteiger partial charge is 0.496 e. The molecule has 2 unspecified atom stereocenters. The molecule has 1 rings (SSSR count). The van der Waals surface area contributed by atoms with Crippen LogP contribution in [-0.2, 0) is 4.74 Å². The van der Waals surface area contributed by atoms with Gasteiger partial charge in [-0.25, -0.2) is 4.79 Å². The molecular weight excluding hydrogens is 222 g/mol. The van der Waals surface area contributed by atoms with Crippen LogP contribution in [0.25, 0.3) is 0 Å². The quantitative estimate of drug-likeness (QED) is 0.835. The molecule has 0 saturated heterocycles. The van der Waals surface area contributed by atoms with E-state index in [-0.39, 0.29) is 0 Å². The van der Waals surface area contributed by atoms with Gasteiger partial charge in [-0.3, -0.25) is 0 Å². The lowest BCUT2D eigenvalue weighted by Crippen LogP contribution is -2.28. The van der Waals surface area contributed by atoms with E-state index in [0.29, 0.717) is 11.3 Å². The summed E-state index contributed by atoms with van der Waals surface area (Å²) in [5, 5.41) is 12.4. The Morgan fingerprint density at radius 2 is 2.06 bits per heavy atom. The molecule has 0 radical (unpaired) electrons. The van der Waals surface area contributed by atoms with Crippen LogP contribution in [0.3, 0.4) is 0 Å². The number of nitrogens with one attached hydrogen (secondary N) is 1. The van der Waals surface area contributed by atoms with Crippen molar-refractivity contribution in [2.45, 2.75) is 19.1 Å². The van der Waals surface area contributed by atoms with Crippen molar-refractivity contribution in [1.29, 1.82) is 0 Å². The topological polar surface area (TPSA) is 67.8 Å². The molecule has 17 heavy (non-hydrogen) atoms. The number of carbonyl (C=O) groups excluding carboxylic acids is 1. The van der Waals surface area contributed by atoms with Crippen molar-refractivity contribution in [1.82, 2.24) is 5.32 Å². The predicted octanol–water partition coefficient (Wildman–Crippen LogP) is 1.47. The van der Waals surface area contributed by atoms with Gasteiger partial charge in [0.1, 0.15) is 18.0 Å². The molecule has 5 nitrogen and oxygen atoms in total. The number of rotatable bonds is 4. The van der Waals surface area contributed by atoms with E-state index in [1.165, 1.54) is 14.2 Å². The molecule has 5 heteroatoms. The molecule has 0 aliphatic rings. The molecule has 0 aliphatic heterocycles. The molecule has 0 spiro atoms. The fourth-order valence-electron chi connectivity index (χ4n) is 1.46. The Balaban J connectivity index is 2.80. The zero-order chi connectivity index (χ0) is 12.8. The summed E-state index contributed by atoms with van der Waals surface area (Å²) in [6, 6.07) is 7.06. The Morgan fingerprint density at radius 3 is 2.65 bits per heavy atom. The molecule has 0 saturated carbocycles. The standard InChI is InChI=1S/C12H17NO4/c1-8(17-12(15)13-2)11(14)9-6-4-5-7-10(9)16-3/h4-8,11,14H,1-3H3,(H,13,15). The van der Waals surface area contributed by atoms with Gasteiger partial charge in [0.2, 0.25) is 0 Å². The van der Waals surface area contributed by atoms with E-state index in [9.17, 15) is 9.90 Å². The molecule has 94 valence electrons. The number of methoxy groups -OCH3 is 1. The monoisotopic (exact) mass is 239 g/mol. The van der Waals surface area contributed by atoms with E-state index < -0.39 is 18.3 Å². The summed E-state index contributed by atoms with van der Waals surface area (Å²) in [5.41, 5.74) is 0.589. The first-order chi connectivity index (χ1) is 8.10. The molecule has 1 aromatic carbocycles. The van der Waals surface area contributed by atoms with Crippen LogP contribution in [-0.4, -0.2) is 31.5 Å². The fraction of sp³-hybridized carbons (Fsp3) is 0.417. The maximum atomic E-state index is 11.0. The van der Waals surface area contributed by atoms with Gasteiger partial charge in [-0.2, -0.15) is 0 Å². The lowest BCUT2D eigenvalue weighted by Gasteiger charge is -2.21. The van der Waals surface area contributed by atoms with Crippen LogP contribution in [0.1, 0.15) is 18.6 Å². The lowest BCUT2D eigenvalue weighted by atomic mass is 10.0. The Morgan fingerprint density at radius 1 is 1.41 bits per heavy atom. The summed E-state index contributed by atoms with van der Waals surface area (Å²) < 4.78 is 10.1. The number of amides is 1. The van der Waals surface area contributed by atoms with Gasteiger partial charge in [0.15, 0.2) is 0 Å². The molecule has 0 fully saturated rings. The first-order valence-electron chi connectivity index (χ1n) is 5.29. The average molecular weight is 239 g/mol. The van der Waals surface area contributed by atoms with Crippen molar-refractivity contribution in [3.8, 4) is 5.75 Å². The number of aliphatic hydroxyl groups is 1. The zero-order valence-electron chi connectivity index (χ0n) is 10.1. The number of para-hydroxylation sites is 1. The molecule has 2 N–H and O–H groups in total. The maximum absolute atomic E-state index is 11.0. The van der Waals surface area contributed by atoms with E-state index >= 15 is 0 Å². The average Bonchev–Trinajstić information content (AvgIpc) is 2.37. The predicted molar refractivity (Wildman–Crippen MR) is 63.0 cm³/mol. The first-order valence-corrected chi connectivity index (χ1v) is 5.29. The van der Waals surface area contributed by atoms with Gasteiger partial charge < -0.3 is 19.9 Å². The number of alkyl carbamates (subject to hydrolysis) is 1. The van der Waals surface area contributed by atoms with Gasteiger partial charge in [0.25, 0.3) is 0 Å². The maximum Gasteiger partial charge on any atom is 0.407 e. The van der Waals surface area contributed by atoms with Crippen LogP contribution < -0.4 is 10.1 Å².